The number of methoxy groups -OCH3 is 1. The fraction of sp³-hybridized carbons (Fsp3) is 0.750. The van der Waals surface area contributed by atoms with Gasteiger partial charge in [-0.15, -0.1) is 0 Å². The van der Waals surface area contributed by atoms with Gasteiger partial charge in [0.25, 0.3) is 0 Å². The Hall–Kier alpha value is -1.36. The fourth-order valence-corrected chi connectivity index (χ4v) is 2.57. The first-order valence-electron chi connectivity index (χ1n) is 7.93. The summed E-state index contributed by atoms with van der Waals surface area (Å²) < 4.78 is 5.67. The van der Waals surface area contributed by atoms with Crippen molar-refractivity contribution < 1.29 is 4.74 Å². The summed E-state index contributed by atoms with van der Waals surface area (Å²) in [4.78, 5) is 9.32. The molecule has 0 unspecified atom stereocenters. The van der Waals surface area contributed by atoms with Gasteiger partial charge in [0.15, 0.2) is 0 Å². The van der Waals surface area contributed by atoms with Gasteiger partial charge in [-0.1, -0.05) is 13.8 Å². The van der Waals surface area contributed by atoms with E-state index in [-0.39, 0.29) is 5.60 Å². The Bertz CT molecular complexity index is 478. The predicted molar refractivity (Wildman–Crippen MR) is 87.1 cm³/mol. The van der Waals surface area contributed by atoms with E-state index in [2.05, 4.69) is 43.3 Å². The van der Waals surface area contributed by atoms with Crippen LogP contribution in [0.2, 0.25) is 0 Å². The molecule has 0 radical (unpaired) electrons. The minimum atomic E-state index is -0.00622. The summed E-state index contributed by atoms with van der Waals surface area (Å²) in [5, 5.41) is 6.81. The van der Waals surface area contributed by atoms with Crippen LogP contribution >= 0.6 is 0 Å². The highest BCUT2D eigenvalue weighted by molar-refractivity contribution is 5.57. The van der Waals surface area contributed by atoms with Gasteiger partial charge in [0, 0.05) is 31.7 Å². The highest BCUT2D eigenvalue weighted by Gasteiger charge is 2.37. The monoisotopic (exact) mass is 292 g/mol. The molecule has 1 aliphatic carbocycles. The summed E-state index contributed by atoms with van der Waals surface area (Å²) in [7, 11) is 1.80. The topological polar surface area (TPSA) is 59.1 Å². The lowest BCUT2D eigenvalue weighted by atomic mass is 9.80. The van der Waals surface area contributed by atoms with Crippen molar-refractivity contribution in [1.29, 1.82) is 0 Å². The van der Waals surface area contributed by atoms with E-state index in [1.807, 2.05) is 0 Å². The number of anilines is 2. The molecule has 1 saturated carbocycles. The number of ether oxygens (including phenoxy) is 1. The molecule has 1 aromatic rings. The molecule has 1 aliphatic rings. The highest BCUT2D eigenvalue weighted by Crippen LogP contribution is 2.35. The maximum absolute atomic E-state index is 5.67. The zero-order valence-electron chi connectivity index (χ0n) is 13.9. The molecule has 5 heteroatoms. The average Bonchev–Trinajstić information content (AvgIpc) is 2.41. The first-order valence-corrected chi connectivity index (χ1v) is 7.93. The van der Waals surface area contributed by atoms with Crippen molar-refractivity contribution >= 4 is 11.6 Å². The SMILES string of the molecule is CCNc1nc(C(C)C)nc(NCC2(OC)CCC2)c1C. The van der Waals surface area contributed by atoms with Crippen LogP contribution in [0.3, 0.4) is 0 Å². The van der Waals surface area contributed by atoms with E-state index in [1.165, 1.54) is 6.42 Å². The van der Waals surface area contributed by atoms with E-state index >= 15 is 0 Å². The Morgan fingerprint density at radius 3 is 2.24 bits per heavy atom. The molecule has 2 N–H and O–H groups in total. The number of aromatic nitrogens is 2. The van der Waals surface area contributed by atoms with Crippen LogP contribution in [0, 0.1) is 6.92 Å². The van der Waals surface area contributed by atoms with Crippen molar-refractivity contribution in [1.82, 2.24) is 9.97 Å². The Labute approximate surface area is 127 Å². The lowest BCUT2D eigenvalue weighted by Gasteiger charge is -2.40. The molecular weight excluding hydrogens is 264 g/mol. The van der Waals surface area contributed by atoms with E-state index in [0.717, 1.165) is 49.0 Å². The Morgan fingerprint density at radius 2 is 1.81 bits per heavy atom. The van der Waals surface area contributed by atoms with E-state index in [0.29, 0.717) is 5.92 Å². The fourth-order valence-electron chi connectivity index (χ4n) is 2.57. The first-order chi connectivity index (χ1) is 10.0. The number of nitrogens with zero attached hydrogens (tertiary/aromatic N) is 2. The Morgan fingerprint density at radius 1 is 1.19 bits per heavy atom. The van der Waals surface area contributed by atoms with Crippen LogP contribution in [-0.2, 0) is 4.74 Å². The van der Waals surface area contributed by atoms with Crippen molar-refractivity contribution in [3.05, 3.63) is 11.4 Å². The maximum atomic E-state index is 5.67. The van der Waals surface area contributed by atoms with Gasteiger partial charge in [-0.3, -0.25) is 0 Å². The third-order valence-corrected chi connectivity index (χ3v) is 4.30. The number of nitrogens with one attached hydrogen (secondary N) is 2. The largest absolute Gasteiger partial charge is 0.376 e. The van der Waals surface area contributed by atoms with Crippen LogP contribution in [0.4, 0.5) is 11.6 Å². The quantitative estimate of drug-likeness (QED) is 0.807. The van der Waals surface area contributed by atoms with Gasteiger partial charge in [-0.05, 0) is 33.1 Å². The second-order valence-electron chi connectivity index (χ2n) is 6.18. The van der Waals surface area contributed by atoms with E-state index in [1.54, 1.807) is 7.11 Å². The molecule has 2 rings (SSSR count). The summed E-state index contributed by atoms with van der Waals surface area (Å²) in [6.45, 7) is 10.0. The third kappa shape index (κ3) is 3.46. The van der Waals surface area contributed by atoms with Gasteiger partial charge in [0.05, 0.1) is 5.60 Å². The lowest BCUT2D eigenvalue weighted by molar-refractivity contribution is -0.0601. The summed E-state index contributed by atoms with van der Waals surface area (Å²) in [6.07, 6.45) is 3.49. The van der Waals surface area contributed by atoms with E-state index in [9.17, 15) is 0 Å². The van der Waals surface area contributed by atoms with Crippen LogP contribution < -0.4 is 10.6 Å². The molecule has 0 spiro atoms. The van der Waals surface area contributed by atoms with Crippen molar-refractivity contribution in [3.8, 4) is 0 Å². The number of rotatable bonds is 7. The zero-order chi connectivity index (χ0) is 15.5. The maximum Gasteiger partial charge on any atom is 0.135 e. The van der Waals surface area contributed by atoms with Crippen molar-refractivity contribution in [3.63, 3.8) is 0 Å². The summed E-state index contributed by atoms with van der Waals surface area (Å²) in [6, 6.07) is 0. The van der Waals surface area contributed by atoms with Crippen LogP contribution in [0.15, 0.2) is 0 Å². The molecule has 1 aromatic heterocycles. The molecule has 1 heterocycles. The van der Waals surface area contributed by atoms with Crippen molar-refractivity contribution in [2.24, 2.45) is 0 Å². The highest BCUT2D eigenvalue weighted by atomic mass is 16.5. The van der Waals surface area contributed by atoms with Crippen molar-refractivity contribution in [2.45, 2.75) is 58.5 Å². The van der Waals surface area contributed by atoms with Crippen molar-refractivity contribution in [2.75, 3.05) is 30.8 Å². The van der Waals surface area contributed by atoms with E-state index < -0.39 is 0 Å². The molecule has 21 heavy (non-hydrogen) atoms. The average molecular weight is 292 g/mol. The lowest BCUT2D eigenvalue weighted by Crippen LogP contribution is -2.45. The first kappa shape index (κ1) is 16.0. The normalized spacial score (nSPS) is 16.7. The second-order valence-corrected chi connectivity index (χ2v) is 6.18. The Kier molecular flexibility index (Phi) is 5.04. The molecule has 0 bridgehead atoms. The van der Waals surface area contributed by atoms with Gasteiger partial charge in [0.1, 0.15) is 17.5 Å². The van der Waals surface area contributed by atoms with Crippen LogP contribution in [0.25, 0.3) is 0 Å². The molecule has 118 valence electrons. The van der Waals surface area contributed by atoms with Gasteiger partial charge in [-0.25, -0.2) is 9.97 Å². The predicted octanol–water partition coefficient (Wildman–Crippen LogP) is 3.32. The van der Waals surface area contributed by atoms with Crippen LogP contribution in [0.5, 0.6) is 0 Å². The third-order valence-electron chi connectivity index (χ3n) is 4.30. The summed E-state index contributed by atoms with van der Waals surface area (Å²) >= 11 is 0. The summed E-state index contributed by atoms with van der Waals surface area (Å²) in [5.74, 6) is 3.04. The van der Waals surface area contributed by atoms with Gasteiger partial charge in [0.2, 0.25) is 0 Å². The minimum Gasteiger partial charge on any atom is -0.376 e. The molecule has 0 atom stereocenters. The second kappa shape index (κ2) is 6.60. The molecular formula is C16H28N4O. The smallest absolute Gasteiger partial charge is 0.135 e. The molecule has 0 aliphatic heterocycles. The Balaban J connectivity index is 2.20. The van der Waals surface area contributed by atoms with Crippen LogP contribution in [0.1, 0.15) is 57.3 Å². The standard InChI is InChI=1S/C16H28N4O/c1-6-17-14-12(4)15(20-13(19-14)11(2)3)18-10-16(21-5)8-7-9-16/h11H,6-10H2,1-5H3,(H2,17,18,19,20). The number of hydrogen-bond donors (Lipinski definition) is 2. The molecule has 0 amide bonds. The molecule has 0 saturated heterocycles. The molecule has 5 nitrogen and oxygen atoms in total. The van der Waals surface area contributed by atoms with Crippen LogP contribution in [-0.4, -0.2) is 35.8 Å². The van der Waals surface area contributed by atoms with Gasteiger partial charge in [-0.2, -0.15) is 0 Å². The minimum absolute atomic E-state index is 0.00622. The van der Waals surface area contributed by atoms with Gasteiger partial charge < -0.3 is 15.4 Å². The van der Waals surface area contributed by atoms with E-state index in [4.69, 9.17) is 9.72 Å². The van der Waals surface area contributed by atoms with Gasteiger partial charge >= 0.3 is 0 Å². The molecule has 1 fully saturated rings. The number of hydrogen-bond acceptors (Lipinski definition) is 5. The molecule has 0 aromatic carbocycles. The zero-order valence-corrected chi connectivity index (χ0v) is 13.9. The summed E-state index contributed by atoms with van der Waals surface area (Å²) in [5.41, 5.74) is 1.07.